The van der Waals surface area contributed by atoms with E-state index < -0.39 is 20.0 Å². The van der Waals surface area contributed by atoms with Crippen LogP contribution in [-0.2, 0) is 27.9 Å². The second-order valence-electron chi connectivity index (χ2n) is 20.4. The number of likely N-dealkylation sites (N-methyl/N-ethyl adjacent to an activating group) is 1. The fourth-order valence-electron chi connectivity index (χ4n) is 7.78. The molecule has 0 bridgehead atoms. The molecule has 0 aliphatic carbocycles. The number of carbonyl (C=O) groups is 2. The summed E-state index contributed by atoms with van der Waals surface area (Å²) in [6, 6.07) is -0.894. The van der Waals surface area contributed by atoms with Crippen LogP contribution < -0.4 is 5.32 Å². The van der Waals surface area contributed by atoms with Gasteiger partial charge in [-0.25, -0.2) is 4.57 Å². The van der Waals surface area contributed by atoms with Gasteiger partial charge in [-0.2, -0.15) is 0 Å². The van der Waals surface area contributed by atoms with Gasteiger partial charge in [0.2, 0.25) is 5.91 Å². The molecule has 414 valence electrons. The molecule has 3 unspecified atom stereocenters. The number of quaternary nitrogens is 1. The van der Waals surface area contributed by atoms with Crippen molar-refractivity contribution in [2.24, 2.45) is 0 Å². The summed E-state index contributed by atoms with van der Waals surface area (Å²) in [5, 5.41) is 3.00. The number of amides is 1. The molecule has 2 N–H and O–H groups in total. The van der Waals surface area contributed by atoms with Gasteiger partial charge in [-0.15, -0.1) is 0 Å². The minimum Gasteiger partial charge on any atom is -0.456 e. The van der Waals surface area contributed by atoms with Crippen molar-refractivity contribution in [3.05, 3.63) is 97.2 Å². The van der Waals surface area contributed by atoms with Gasteiger partial charge < -0.3 is 19.4 Å². The molecule has 0 radical (unpaired) electrons. The third kappa shape index (κ3) is 51.8. The first kappa shape index (κ1) is 68.9. The van der Waals surface area contributed by atoms with E-state index in [1.54, 1.807) is 0 Å². The molecule has 0 aromatic carbocycles. The molecule has 0 saturated carbocycles. The summed E-state index contributed by atoms with van der Waals surface area (Å²) in [5.74, 6) is -0.613. The van der Waals surface area contributed by atoms with E-state index in [1.807, 2.05) is 39.4 Å². The molecular weight excluding hydrogens is 916 g/mol. The molecule has 0 spiro atoms. The zero-order valence-corrected chi connectivity index (χ0v) is 48.0. The lowest BCUT2D eigenvalue weighted by Crippen LogP contribution is -2.47. The number of nitrogens with zero attached hydrogens (tertiary/aromatic N) is 1. The largest absolute Gasteiger partial charge is 0.472 e. The van der Waals surface area contributed by atoms with Gasteiger partial charge in [-0.1, -0.05) is 221 Å². The number of unbranched alkanes of at least 4 members (excludes halogenated alkanes) is 21. The molecule has 0 aliphatic rings. The van der Waals surface area contributed by atoms with Crippen molar-refractivity contribution < 1.29 is 37.3 Å². The lowest BCUT2D eigenvalue weighted by molar-refractivity contribution is -0.870. The Hall–Kier alpha value is -3.07. The van der Waals surface area contributed by atoms with E-state index in [0.29, 0.717) is 17.4 Å². The monoisotopic (exact) mass is 1030 g/mol. The summed E-state index contributed by atoms with van der Waals surface area (Å²) in [6.07, 6.45) is 68.5. The third-order valence-corrected chi connectivity index (χ3v) is 13.3. The molecule has 9 nitrogen and oxygen atoms in total. The summed E-state index contributed by atoms with van der Waals surface area (Å²) in [5.41, 5.74) is 0. The predicted molar refractivity (Wildman–Crippen MR) is 309 cm³/mol. The highest BCUT2D eigenvalue weighted by atomic mass is 31.2. The Balaban J connectivity index is 5.47. The van der Waals surface area contributed by atoms with Gasteiger partial charge in [0.05, 0.1) is 33.8 Å². The van der Waals surface area contributed by atoms with Gasteiger partial charge in [0, 0.05) is 12.8 Å². The minimum atomic E-state index is -4.47. The number of hydrogen-bond acceptors (Lipinski definition) is 6. The molecule has 1 amide bonds. The van der Waals surface area contributed by atoms with Crippen LogP contribution in [0.5, 0.6) is 0 Å². The average molecular weight is 1030 g/mol. The van der Waals surface area contributed by atoms with E-state index in [0.717, 1.165) is 89.9 Å². The lowest BCUT2D eigenvalue weighted by Gasteiger charge is -2.27. The van der Waals surface area contributed by atoms with E-state index >= 15 is 0 Å². The maximum Gasteiger partial charge on any atom is 0.472 e. The van der Waals surface area contributed by atoms with E-state index in [9.17, 15) is 19.0 Å². The number of rotatable bonds is 51. The summed E-state index contributed by atoms with van der Waals surface area (Å²) in [7, 11) is 1.44. The number of esters is 1. The van der Waals surface area contributed by atoms with Gasteiger partial charge in [-0.05, 0) is 96.0 Å². The molecule has 0 saturated heterocycles. The molecule has 0 fully saturated rings. The quantitative estimate of drug-likeness (QED) is 0.0205. The topological polar surface area (TPSA) is 111 Å². The van der Waals surface area contributed by atoms with Crippen LogP contribution in [0.2, 0.25) is 0 Å². The molecular formula is C62H110N2O7P+. The molecule has 0 aromatic rings. The standard InChI is InChI=1S/C62H109N2O7P/c1-7-10-13-16-19-22-25-28-30-31-32-33-35-36-39-42-45-48-51-54-61(65)63-59(58-70-72(67,68)69-57-56-64(4,5)6)60(53-50-47-44-41-38-27-24-21-18-15-12-9-3)71-62(66)55-52-49-46-43-40-37-34-29-26-23-20-17-14-11-8-2/h10,13,19,22-23,26,28,30,32-33,36,39,45,48,50,53,59-60H,7-9,11-12,14-18,20-21,24-25,27,29,31,34-35,37-38,40-44,46-47,49,51-52,54-58H2,1-6H3,(H-,63,65,67,68)/p+1/b13-10-,22-19-,26-23-,30-28-,33-32-,39-36-,48-45-,53-50-. The summed E-state index contributed by atoms with van der Waals surface area (Å²) in [6.45, 7) is 6.81. The van der Waals surface area contributed by atoms with Crippen molar-refractivity contribution in [3.63, 3.8) is 0 Å². The maximum absolute atomic E-state index is 13.5. The Bertz CT molecular complexity index is 1560. The van der Waals surface area contributed by atoms with E-state index in [2.05, 4.69) is 105 Å². The first-order valence-corrected chi connectivity index (χ1v) is 30.6. The van der Waals surface area contributed by atoms with Crippen molar-refractivity contribution in [1.82, 2.24) is 5.32 Å². The van der Waals surface area contributed by atoms with Gasteiger partial charge in [0.25, 0.3) is 0 Å². The normalized spacial score (nSPS) is 14.5. The Morgan fingerprint density at radius 2 is 0.903 bits per heavy atom. The van der Waals surface area contributed by atoms with E-state index in [4.69, 9.17) is 13.8 Å². The second-order valence-corrected chi connectivity index (χ2v) is 21.9. The number of carbonyl (C=O) groups excluding carboxylic acids is 2. The maximum atomic E-state index is 13.5. The summed E-state index contributed by atoms with van der Waals surface area (Å²) in [4.78, 5) is 37.6. The highest BCUT2D eigenvalue weighted by Gasteiger charge is 2.30. The van der Waals surface area contributed by atoms with Crippen LogP contribution in [0.3, 0.4) is 0 Å². The molecule has 72 heavy (non-hydrogen) atoms. The average Bonchev–Trinajstić information content (AvgIpc) is 3.34. The Morgan fingerprint density at radius 3 is 1.38 bits per heavy atom. The number of phosphoric ester groups is 1. The molecule has 3 atom stereocenters. The Kier molecular flexibility index (Phi) is 49.2. The summed E-state index contributed by atoms with van der Waals surface area (Å²) >= 11 is 0. The van der Waals surface area contributed by atoms with Crippen LogP contribution in [0, 0.1) is 0 Å². The van der Waals surface area contributed by atoms with Crippen LogP contribution in [-0.4, -0.2) is 74.3 Å². The highest BCUT2D eigenvalue weighted by molar-refractivity contribution is 7.47. The highest BCUT2D eigenvalue weighted by Crippen LogP contribution is 2.43. The molecule has 0 rings (SSSR count). The smallest absolute Gasteiger partial charge is 0.456 e. The Morgan fingerprint density at radius 1 is 0.500 bits per heavy atom. The fraction of sp³-hybridized carbons (Fsp3) is 0.710. The number of nitrogens with one attached hydrogen (secondary N) is 1. The van der Waals surface area contributed by atoms with Gasteiger partial charge in [-0.3, -0.25) is 18.6 Å². The Labute approximate surface area is 443 Å². The van der Waals surface area contributed by atoms with Crippen LogP contribution in [0.15, 0.2) is 97.2 Å². The predicted octanol–water partition coefficient (Wildman–Crippen LogP) is 17.6. The van der Waals surface area contributed by atoms with Crippen LogP contribution in [0.4, 0.5) is 0 Å². The lowest BCUT2D eigenvalue weighted by atomic mass is 10.1. The van der Waals surface area contributed by atoms with Crippen molar-refractivity contribution in [1.29, 1.82) is 0 Å². The van der Waals surface area contributed by atoms with Crippen molar-refractivity contribution in [2.75, 3.05) is 40.9 Å². The summed E-state index contributed by atoms with van der Waals surface area (Å²) < 4.78 is 30.6. The first-order valence-electron chi connectivity index (χ1n) is 29.1. The number of ether oxygens (including phenoxy) is 1. The number of allylic oxidation sites excluding steroid dienone is 15. The number of phosphoric acid groups is 1. The number of hydrogen-bond donors (Lipinski definition) is 2. The van der Waals surface area contributed by atoms with Gasteiger partial charge >= 0.3 is 13.8 Å². The van der Waals surface area contributed by atoms with Crippen molar-refractivity contribution in [3.8, 4) is 0 Å². The molecule has 10 heteroatoms. The van der Waals surface area contributed by atoms with E-state index in [1.165, 1.54) is 103 Å². The zero-order chi connectivity index (χ0) is 52.9. The van der Waals surface area contributed by atoms with Crippen LogP contribution in [0.25, 0.3) is 0 Å². The van der Waals surface area contributed by atoms with Gasteiger partial charge in [0.1, 0.15) is 19.3 Å². The van der Waals surface area contributed by atoms with Gasteiger partial charge in [0.15, 0.2) is 0 Å². The fourth-order valence-corrected chi connectivity index (χ4v) is 8.52. The van der Waals surface area contributed by atoms with Crippen LogP contribution in [0.1, 0.15) is 233 Å². The second kappa shape index (κ2) is 51.4. The van der Waals surface area contributed by atoms with Crippen LogP contribution >= 0.6 is 7.82 Å². The SMILES string of the molecule is CC/C=C\C/C=C\C/C=C\C/C=C\C/C=C\C/C=C\CCC(=O)NC(COP(=O)(O)OCC[N+](C)(C)C)C(/C=C\CCCCCCCCCCCC)OC(=O)CCCCCCCCC/C=C\CCCCCC. The molecule has 0 aromatic heterocycles. The third-order valence-electron chi connectivity index (χ3n) is 12.3. The zero-order valence-electron chi connectivity index (χ0n) is 47.1. The van der Waals surface area contributed by atoms with E-state index in [-0.39, 0.29) is 37.9 Å². The van der Waals surface area contributed by atoms with Crippen molar-refractivity contribution >= 4 is 19.7 Å². The first-order chi connectivity index (χ1) is 34.9. The minimum absolute atomic E-state index is 0.0219. The van der Waals surface area contributed by atoms with Crippen molar-refractivity contribution in [2.45, 2.75) is 245 Å². The molecule has 0 aliphatic heterocycles. The molecule has 0 heterocycles.